The average Bonchev–Trinajstić information content (AvgIpc) is 2.53. The standard InChI is InChI=1S/C19H34O2/c20-19(21-18-14-8-4-9-15-18)16-10-2-1-5-11-17-12-6-3-7-13-17/h17-18H,1-16H2. The molecular weight excluding hydrogens is 260 g/mol. The van der Waals surface area contributed by atoms with Gasteiger partial charge in [0.15, 0.2) is 0 Å². The molecule has 0 radical (unpaired) electrons. The van der Waals surface area contributed by atoms with Gasteiger partial charge in [0.05, 0.1) is 0 Å². The van der Waals surface area contributed by atoms with Crippen LogP contribution in [0.15, 0.2) is 0 Å². The van der Waals surface area contributed by atoms with E-state index in [4.69, 9.17) is 4.74 Å². The van der Waals surface area contributed by atoms with Gasteiger partial charge in [0.2, 0.25) is 0 Å². The van der Waals surface area contributed by atoms with Crippen LogP contribution >= 0.6 is 0 Å². The van der Waals surface area contributed by atoms with Gasteiger partial charge in [-0.1, -0.05) is 64.2 Å². The van der Waals surface area contributed by atoms with Gasteiger partial charge in [-0.3, -0.25) is 4.79 Å². The summed E-state index contributed by atoms with van der Waals surface area (Å²) < 4.78 is 5.55. The summed E-state index contributed by atoms with van der Waals surface area (Å²) in [6.07, 6.45) is 20.5. The van der Waals surface area contributed by atoms with E-state index in [9.17, 15) is 4.79 Å². The SMILES string of the molecule is O=C(CCCCCCC1CCCCC1)OC1CCCCC1. The summed E-state index contributed by atoms with van der Waals surface area (Å²) >= 11 is 0. The lowest BCUT2D eigenvalue weighted by atomic mass is 9.85. The van der Waals surface area contributed by atoms with Crippen molar-refractivity contribution in [2.75, 3.05) is 0 Å². The van der Waals surface area contributed by atoms with Gasteiger partial charge < -0.3 is 4.74 Å². The molecule has 122 valence electrons. The number of carbonyl (C=O) groups excluding carboxylic acids is 1. The molecule has 0 spiro atoms. The van der Waals surface area contributed by atoms with E-state index in [1.807, 2.05) is 0 Å². The van der Waals surface area contributed by atoms with Gasteiger partial charge in [0.25, 0.3) is 0 Å². The highest BCUT2D eigenvalue weighted by atomic mass is 16.5. The van der Waals surface area contributed by atoms with Gasteiger partial charge in [0.1, 0.15) is 6.10 Å². The van der Waals surface area contributed by atoms with Crippen LogP contribution in [0.25, 0.3) is 0 Å². The highest BCUT2D eigenvalue weighted by Crippen LogP contribution is 2.28. The third-order valence-corrected chi connectivity index (χ3v) is 5.32. The molecule has 0 unspecified atom stereocenters. The Balaban J connectivity index is 1.41. The second-order valence-electron chi connectivity index (χ2n) is 7.21. The lowest BCUT2D eigenvalue weighted by Gasteiger charge is -2.22. The summed E-state index contributed by atoms with van der Waals surface area (Å²) in [6, 6.07) is 0. The maximum Gasteiger partial charge on any atom is 0.306 e. The van der Waals surface area contributed by atoms with E-state index in [0.717, 1.165) is 25.2 Å². The summed E-state index contributed by atoms with van der Waals surface area (Å²) in [5.41, 5.74) is 0. The molecule has 2 fully saturated rings. The minimum absolute atomic E-state index is 0.0502. The van der Waals surface area contributed by atoms with E-state index < -0.39 is 0 Å². The van der Waals surface area contributed by atoms with Crippen molar-refractivity contribution in [3.8, 4) is 0 Å². The van der Waals surface area contributed by atoms with Crippen LogP contribution in [-0.4, -0.2) is 12.1 Å². The molecule has 0 saturated heterocycles. The first kappa shape index (κ1) is 16.8. The van der Waals surface area contributed by atoms with Crippen molar-refractivity contribution in [1.82, 2.24) is 0 Å². The van der Waals surface area contributed by atoms with Crippen LogP contribution in [0.5, 0.6) is 0 Å². The van der Waals surface area contributed by atoms with Gasteiger partial charge in [-0.25, -0.2) is 0 Å². The Hall–Kier alpha value is -0.530. The summed E-state index contributed by atoms with van der Waals surface area (Å²) in [4.78, 5) is 11.8. The molecule has 0 aromatic heterocycles. The van der Waals surface area contributed by atoms with Gasteiger partial charge >= 0.3 is 5.97 Å². The summed E-state index contributed by atoms with van der Waals surface area (Å²) in [6.45, 7) is 0. The summed E-state index contributed by atoms with van der Waals surface area (Å²) in [7, 11) is 0. The molecule has 2 aliphatic rings. The minimum Gasteiger partial charge on any atom is -0.462 e. The first-order valence-electron chi connectivity index (χ1n) is 9.54. The number of unbranched alkanes of at least 4 members (excludes halogenated alkanes) is 3. The summed E-state index contributed by atoms with van der Waals surface area (Å²) in [5, 5.41) is 0. The molecule has 21 heavy (non-hydrogen) atoms. The number of hydrogen-bond donors (Lipinski definition) is 0. The second kappa shape index (κ2) is 10.2. The maximum absolute atomic E-state index is 11.8. The topological polar surface area (TPSA) is 26.3 Å². The first-order valence-corrected chi connectivity index (χ1v) is 9.54. The lowest BCUT2D eigenvalue weighted by Crippen LogP contribution is -2.20. The smallest absolute Gasteiger partial charge is 0.306 e. The molecule has 0 amide bonds. The largest absolute Gasteiger partial charge is 0.462 e. The van der Waals surface area contributed by atoms with Crippen LogP contribution in [0.4, 0.5) is 0 Å². The van der Waals surface area contributed by atoms with Crippen LogP contribution in [0.1, 0.15) is 103 Å². The monoisotopic (exact) mass is 294 g/mol. The molecule has 2 nitrogen and oxygen atoms in total. The van der Waals surface area contributed by atoms with Gasteiger partial charge in [0, 0.05) is 6.42 Å². The first-order chi connectivity index (χ1) is 10.3. The van der Waals surface area contributed by atoms with E-state index in [1.54, 1.807) is 0 Å². The van der Waals surface area contributed by atoms with Crippen molar-refractivity contribution in [2.24, 2.45) is 5.92 Å². The molecule has 2 aliphatic carbocycles. The van der Waals surface area contributed by atoms with Crippen LogP contribution in [0.2, 0.25) is 0 Å². The number of hydrogen-bond acceptors (Lipinski definition) is 2. The zero-order valence-corrected chi connectivity index (χ0v) is 13.8. The Labute approximate surface area is 131 Å². The molecule has 0 aliphatic heterocycles. The predicted molar refractivity (Wildman–Crippen MR) is 87.2 cm³/mol. The molecule has 2 saturated carbocycles. The van der Waals surface area contributed by atoms with E-state index in [2.05, 4.69) is 0 Å². The Morgan fingerprint density at radius 3 is 2.10 bits per heavy atom. The van der Waals surface area contributed by atoms with Crippen molar-refractivity contribution >= 4 is 5.97 Å². The predicted octanol–water partition coefficient (Wildman–Crippen LogP) is 5.78. The van der Waals surface area contributed by atoms with E-state index in [1.165, 1.54) is 77.0 Å². The zero-order valence-electron chi connectivity index (χ0n) is 13.8. The second-order valence-corrected chi connectivity index (χ2v) is 7.21. The summed E-state index contributed by atoms with van der Waals surface area (Å²) in [5.74, 6) is 1.06. The molecule has 2 rings (SSSR count). The van der Waals surface area contributed by atoms with E-state index in [0.29, 0.717) is 6.42 Å². The van der Waals surface area contributed by atoms with Gasteiger partial charge in [-0.2, -0.15) is 0 Å². The van der Waals surface area contributed by atoms with Gasteiger partial charge in [-0.05, 0) is 38.0 Å². The van der Waals surface area contributed by atoms with Crippen molar-refractivity contribution in [3.05, 3.63) is 0 Å². The van der Waals surface area contributed by atoms with Crippen LogP contribution < -0.4 is 0 Å². The molecule has 0 bridgehead atoms. The number of ether oxygens (including phenoxy) is 1. The van der Waals surface area contributed by atoms with E-state index >= 15 is 0 Å². The molecule has 0 aromatic rings. The minimum atomic E-state index is 0.0502. The van der Waals surface area contributed by atoms with Crippen molar-refractivity contribution < 1.29 is 9.53 Å². The normalized spacial score (nSPS) is 21.3. The van der Waals surface area contributed by atoms with Crippen LogP contribution in [0.3, 0.4) is 0 Å². The number of rotatable bonds is 8. The Morgan fingerprint density at radius 2 is 1.38 bits per heavy atom. The molecule has 0 N–H and O–H groups in total. The highest BCUT2D eigenvalue weighted by molar-refractivity contribution is 5.69. The highest BCUT2D eigenvalue weighted by Gasteiger charge is 2.17. The van der Waals surface area contributed by atoms with Crippen molar-refractivity contribution in [2.45, 2.75) is 109 Å². The molecule has 0 atom stereocenters. The van der Waals surface area contributed by atoms with Crippen molar-refractivity contribution in [1.29, 1.82) is 0 Å². The fourth-order valence-electron chi connectivity index (χ4n) is 3.96. The Kier molecular flexibility index (Phi) is 8.21. The van der Waals surface area contributed by atoms with Crippen LogP contribution in [-0.2, 0) is 9.53 Å². The molecule has 2 heteroatoms. The molecule has 0 aromatic carbocycles. The fourth-order valence-corrected chi connectivity index (χ4v) is 3.96. The van der Waals surface area contributed by atoms with Gasteiger partial charge in [-0.15, -0.1) is 0 Å². The maximum atomic E-state index is 11.8. The zero-order chi connectivity index (χ0) is 14.8. The number of carbonyl (C=O) groups is 1. The average molecular weight is 294 g/mol. The fraction of sp³-hybridized carbons (Fsp3) is 0.947. The molecule has 0 heterocycles. The third kappa shape index (κ3) is 7.33. The quantitative estimate of drug-likeness (QED) is 0.419. The molecular formula is C19H34O2. The number of esters is 1. The Morgan fingerprint density at radius 1 is 0.762 bits per heavy atom. The van der Waals surface area contributed by atoms with Crippen LogP contribution in [0, 0.1) is 5.92 Å². The van der Waals surface area contributed by atoms with E-state index in [-0.39, 0.29) is 12.1 Å². The van der Waals surface area contributed by atoms with Crippen molar-refractivity contribution in [3.63, 3.8) is 0 Å². The lowest BCUT2D eigenvalue weighted by molar-refractivity contribution is -0.150. The third-order valence-electron chi connectivity index (χ3n) is 5.32. The Bertz CT molecular complexity index is 275.